The second-order valence-corrected chi connectivity index (χ2v) is 6.57. The smallest absolute Gasteiger partial charge is 0.311 e. The van der Waals surface area contributed by atoms with Gasteiger partial charge < -0.3 is 14.2 Å². The molecular weight excluding hydrogens is 380 g/mol. The van der Waals surface area contributed by atoms with Gasteiger partial charge in [0.1, 0.15) is 0 Å². The maximum atomic E-state index is 12.1. The van der Waals surface area contributed by atoms with Crippen molar-refractivity contribution in [1.82, 2.24) is 4.98 Å². The van der Waals surface area contributed by atoms with Crippen LogP contribution in [0.4, 0.5) is 5.13 Å². The van der Waals surface area contributed by atoms with E-state index in [1.165, 1.54) is 17.4 Å². The number of hydrogen-bond donors (Lipinski definition) is 1. The van der Waals surface area contributed by atoms with Crippen molar-refractivity contribution in [3.63, 3.8) is 0 Å². The van der Waals surface area contributed by atoms with Crippen LogP contribution in [0.15, 0.2) is 29.7 Å². The fourth-order valence-electron chi connectivity index (χ4n) is 2.24. The molecule has 0 spiro atoms. The van der Waals surface area contributed by atoms with Gasteiger partial charge in [0.15, 0.2) is 16.6 Å². The number of rotatable bonds is 10. The molecule has 1 aromatic carbocycles. The minimum atomic E-state index is -0.342. The Kier molecular flexibility index (Phi) is 8.48. The summed E-state index contributed by atoms with van der Waals surface area (Å²) < 4.78 is 15.8. The van der Waals surface area contributed by atoms with E-state index in [4.69, 9.17) is 14.2 Å². The number of thiazole rings is 1. The molecule has 0 unspecified atom stereocenters. The van der Waals surface area contributed by atoms with Gasteiger partial charge in [0.25, 0.3) is 0 Å². The summed E-state index contributed by atoms with van der Waals surface area (Å²) >= 11 is 1.25. The van der Waals surface area contributed by atoms with Crippen LogP contribution < -0.4 is 14.8 Å². The number of nitrogens with one attached hydrogen (secondary N) is 1. The summed E-state index contributed by atoms with van der Waals surface area (Å²) in [6.07, 6.45) is 4.08. The number of anilines is 1. The summed E-state index contributed by atoms with van der Waals surface area (Å²) in [4.78, 5) is 27.8. The Labute approximate surface area is 168 Å². The molecule has 28 heavy (non-hydrogen) atoms. The number of carbonyl (C=O) groups is 2. The van der Waals surface area contributed by atoms with Crippen molar-refractivity contribution in [3.8, 4) is 11.5 Å². The number of benzene rings is 1. The second-order valence-electron chi connectivity index (χ2n) is 5.71. The van der Waals surface area contributed by atoms with Crippen molar-refractivity contribution in [3.05, 3.63) is 40.9 Å². The molecule has 1 N–H and O–H groups in total. The molecule has 8 heteroatoms. The van der Waals surface area contributed by atoms with E-state index in [1.54, 1.807) is 31.6 Å². The number of esters is 1. The molecule has 150 valence electrons. The zero-order chi connectivity index (χ0) is 20.4. The van der Waals surface area contributed by atoms with E-state index in [1.807, 2.05) is 19.1 Å². The number of ether oxygens (including phenoxy) is 3. The van der Waals surface area contributed by atoms with Crippen molar-refractivity contribution < 1.29 is 23.8 Å². The van der Waals surface area contributed by atoms with Gasteiger partial charge in [-0.05, 0) is 37.1 Å². The molecule has 0 aliphatic heterocycles. The van der Waals surface area contributed by atoms with E-state index in [-0.39, 0.29) is 18.3 Å². The molecule has 1 aromatic heterocycles. The molecule has 7 nitrogen and oxygen atoms in total. The van der Waals surface area contributed by atoms with E-state index < -0.39 is 0 Å². The monoisotopic (exact) mass is 404 g/mol. The number of aromatic nitrogens is 1. The van der Waals surface area contributed by atoms with E-state index >= 15 is 0 Å². The van der Waals surface area contributed by atoms with Crippen molar-refractivity contribution in [2.24, 2.45) is 0 Å². The maximum absolute atomic E-state index is 12.1. The maximum Gasteiger partial charge on any atom is 0.311 e. The van der Waals surface area contributed by atoms with Crippen molar-refractivity contribution >= 4 is 34.4 Å². The molecule has 2 rings (SSSR count). The minimum Gasteiger partial charge on any atom is -0.493 e. The van der Waals surface area contributed by atoms with Crippen LogP contribution in [0.25, 0.3) is 6.08 Å². The molecule has 1 heterocycles. The molecule has 2 aromatic rings. The third-order valence-corrected chi connectivity index (χ3v) is 4.30. The number of carbonyl (C=O) groups excluding carboxylic acids is 2. The number of hydrogen-bond acceptors (Lipinski definition) is 7. The van der Waals surface area contributed by atoms with E-state index in [0.717, 1.165) is 12.0 Å². The molecular formula is C20H24N2O5S. The van der Waals surface area contributed by atoms with Gasteiger partial charge in [-0.25, -0.2) is 4.98 Å². The summed E-state index contributed by atoms with van der Waals surface area (Å²) in [5.41, 5.74) is 1.37. The largest absolute Gasteiger partial charge is 0.493 e. The first-order valence-corrected chi connectivity index (χ1v) is 9.83. The average molecular weight is 404 g/mol. The Hall–Kier alpha value is -2.87. The summed E-state index contributed by atoms with van der Waals surface area (Å²) in [5.74, 6) is 0.621. The van der Waals surface area contributed by atoms with Crippen molar-refractivity contribution in [2.45, 2.75) is 26.7 Å². The first-order valence-electron chi connectivity index (χ1n) is 8.95. The van der Waals surface area contributed by atoms with Crippen LogP contribution in [0.2, 0.25) is 0 Å². The Morgan fingerprint density at radius 3 is 2.79 bits per heavy atom. The molecule has 0 aliphatic carbocycles. The predicted octanol–water partition coefficient (Wildman–Crippen LogP) is 3.70. The predicted molar refractivity (Wildman–Crippen MR) is 109 cm³/mol. The standard InChI is InChI=1S/C20H24N2O5S/c1-4-10-27-16-8-6-14(11-17(16)25-3)7-9-18(23)22-20-21-15(13-28-20)12-19(24)26-5-2/h6-9,11,13H,4-5,10,12H2,1-3H3,(H,21,22,23)/b9-7+. The van der Waals surface area contributed by atoms with Crippen LogP contribution in [0.1, 0.15) is 31.5 Å². The lowest BCUT2D eigenvalue weighted by Crippen LogP contribution is -2.09. The Morgan fingerprint density at radius 2 is 2.07 bits per heavy atom. The molecule has 0 atom stereocenters. The van der Waals surface area contributed by atoms with Gasteiger partial charge in [-0.15, -0.1) is 11.3 Å². The van der Waals surface area contributed by atoms with E-state index in [0.29, 0.717) is 35.5 Å². The third kappa shape index (κ3) is 6.70. The first-order chi connectivity index (χ1) is 13.5. The fourth-order valence-corrected chi connectivity index (χ4v) is 2.96. The van der Waals surface area contributed by atoms with Gasteiger partial charge >= 0.3 is 5.97 Å². The highest BCUT2D eigenvalue weighted by atomic mass is 32.1. The van der Waals surface area contributed by atoms with Crippen LogP contribution in [-0.2, 0) is 20.7 Å². The summed E-state index contributed by atoms with van der Waals surface area (Å²) in [6.45, 7) is 4.72. The van der Waals surface area contributed by atoms with Gasteiger partial charge in [-0.1, -0.05) is 13.0 Å². The van der Waals surface area contributed by atoms with Gasteiger partial charge in [0.05, 0.1) is 32.4 Å². The van der Waals surface area contributed by atoms with Crippen LogP contribution in [0.5, 0.6) is 11.5 Å². The molecule has 0 saturated heterocycles. The topological polar surface area (TPSA) is 86.8 Å². The SMILES string of the molecule is CCCOc1ccc(/C=C/C(=O)Nc2nc(CC(=O)OCC)cs2)cc1OC. The highest BCUT2D eigenvalue weighted by Crippen LogP contribution is 2.28. The van der Waals surface area contributed by atoms with Crippen LogP contribution >= 0.6 is 11.3 Å². The van der Waals surface area contributed by atoms with Gasteiger partial charge in [0, 0.05) is 11.5 Å². The first kappa shape index (κ1) is 21.4. The Balaban J connectivity index is 1.94. The van der Waals surface area contributed by atoms with Gasteiger partial charge in [0.2, 0.25) is 5.91 Å². The second kappa shape index (κ2) is 11.1. The molecule has 0 saturated carbocycles. The lowest BCUT2D eigenvalue weighted by atomic mass is 10.2. The zero-order valence-corrected chi connectivity index (χ0v) is 17.0. The quantitative estimate of drug-likeness (QED) is 0.480. The van der Waals surface area contributed by atoms with Crippen LogP contribution in [0.3, 0.4) is 0 Å². The molecule has 0 bridgehead atoms. The summed E-state index contributed by atoms with van der Waals surface area (Å²) in [7, 11) is 1.57. The van der Waals surface area contributed by atoms with Crippen molar-refractivity contribution in [2.75, 3.05) is 25.6 Å². The number of amides is 1. The lowest BCUT2D eigenvalue weighted by Gasteiger charge is -2.10. The van der Waals surface area contributed by atoms with Crippen LogP contribution in [0, 0.1) is 0 Å². The Bertz CT molecular complexity index is 832. The fraction of sp³-hybridized carbons (Fsp3) is 0.350. The highest BCUT2D eigenvalue weighted by Gasteiger charge is 2.10. The normalized spacial score (nSPS) is 10.7. The lowest BCUT2D eigenvalue weighted by molar-refractivity contribution is -0.142. The average Bonchev–Trinajstić information content (AvgIpc) is 3.11. The van der Waals surface area contributed by atoms with Gasteiger partial charge in [-0.2, -0.15) is 0 Å². The number of methoxy groups -OCH3 is 1. The third-order valence-electron chi connectivity index (χ3n) is 3.49. The summed E-state index contributed by atoms with van der Waals surface area (Å²) in [5, 5.41) is 4.82. The highest BCUT2D eigenvalue weighted by molar-refractivity contribution is 7.14. The van der Waals surface area contributed by atoms with Crippen LogP contribution in [-0.4, -0.2) is 37.2 Å². The van der Waals surface area contributed by atoms with Crippen molar-refractivity contribution in [1.29, 1.82) is 0 Å². The Morgan fingerprint density at radius 1 is 1.25 bits per heavy atom. The molecule has 0 radical (unpaired) electrons. The number of nitrogens with zero attached hydrogens (tertiary/aromatic N) is 1. The van der Waals surface area contributed by atoms with Gasteiger partial charge in [-0.3, -0.25) is 14.9 Å². The molecule has 0 fully saturated rings. The van der Waals surface area contributed by atoms with E-state index in [2.05, 4.69) is 10.3 Å². The van der Waals surface area contributed by atoms with E-state index in [9.17, 15) is 9.59 Å². The zero-order valence-electron chi connectivity index (χ0n) is 16.2. The molecule has 0 aliphatic rings. The minimum absolute atomic E-state index is 0.0856. The summed E-state index contributed by atoms with van der Waals surface area (Å²) in [6, 6.07) is 5.46. The molecule has 1 amide bonds.